The first-order valence-corrected chi connectivity index (χ1v) is 6.79. The molecule has 4 nitrogen and oxygen atoms in total. The van der Waals surface area contributed by atoms with Crippen LogP contribution in [0.3, 0.4) is 0 Å². The number of nitrogens with zero attached hydrogens (tertiary/aromatic N) is 1. The van der Waals surface area contributed by atoms with E-state index in [1.165, 1.54) is 0 Å². The lowest BCUT2D eigenvalue weighted by molar-refractivity contribution is -0.130. The smallest absolute Gasteiger partial charge is 0.239 e. The second kappa shape index (κ2) is 5.36. The zero-order valence-electron chi connectivity index (χ0n) is 10.9. The average molecular weight is 240 g/mol. The third-order valence-corrected chi connectivity index (χ3v) is 3.82. The number of carbonyl (C=O) groups excluding carboxylic acids is 1. The van der Waals surface area contributed by atoms with Gasteiger partial charge in [-0.25, -0.2) is 0 Å². The minimum Gasteiger partial charge on any atom is -0.393 e. The van der Waals surface area contributed by atoms with Gasteiger partial charge in [-0.3, -0.25) is 4.79 Å². The predicted octanol–water partition coefficient (Wildman–Crippen LogP) is 0.746. The number of hydrogen-bond donors (Lipinski definition) is 2. The molecule has 0 radical (unpaired) electrons. The van der Waals surface area contributed by atoms with Gasteiger partial charge in [0.05, 0.1) is 12.1 Å². The van der Waals surface area contributed by atoms with E-state index in [0.717, 1.165) is 38.8 Å². The van der Waals surface area contributed by atoms with E-state index in [2.05, 4.69) is 19.2 Å². The molecular formula is C13H24N2O2. The molecule has 1 aliphatic heterocycles. The summed E-state index contributed by atoms with van der Waals surface area (Å²) in [5.74, 6) is 0.756. The molecule has 1 amide bonds. The highest BCUT2D eigenvalue weighted by Gasteiger charge is 2.34. The maximum absolute atomic E-state index is 12.1. The van der Waals surface area contributed by atoms with Crippen molar-refractivity contribution in [3.63, 3.8) is 0 Å². The van der Waals surface area contributed by atoms with Crippen LogP contribution in [0, 0.1) is 5.92 Å². The zero-order valence-corrected chi connectivity index (χ0v) is 10.9. The van der Waals surface area contributed by atoms with Crippen molar-refractivity contribution in [3.05, 3.63) is 0 Å². The summed E-state index contributed by atoms with van der Waals surface area (Å²) in [5, 5.41) is 12.8. The van der Waals surface area contributed by atoms with E-state index < -0.39 is 0 Å². The molecule has 0 spiro atoms. The molecule has 1 aliphatic carbocycles. The summed E-state index contributed by atoms with van der Waals surface area (Å²) in [7, 11) is 0. The van der Waals surface area contributed by atoms with Gasteiger partial charge in [0.1, 0.15) is 0 Å². The molecule has 2 aliphatic rings. The van der Waals surface area contributed by atoms with Gasteiger partial charge < -0.3 is 15.3 Å². The maximum Gasteiger partial charge on any atom is 0.239 e. The summed E-state index contributed by atoms with van der Waals surface area (Å²) in [6, 6.07) is 0.374. The monoisotopic (exact) mass is 240 g/mol. The van der Waals surface area contributed by atoms with Crippen LogP contribution >= 0.6 is 0 Å². The first kappa shape index (κ1) is 12.8. The molecule has 1 heterocycles. The Labute approximate surface area is 103 Å². The van der Waals surface area contributed by atoms with E-state index in [1.807, 2.05) is 4.90 Å². The largest absolute Gasteiger partial charge is 0.393 e. The first-order chi connectivity index (χ1) is 8.06. The van der Waals surface area contributed by atoms with Gasteiger partial charge in [-0.15, -0.1) is 0 Å². The van der Waals surface area contributed by atoms with E-state index in [1.54, 1.807) is 0 Å². The number of aliphatic hydroxyl groups excluding tert-OH is 1. The van der Waals surface area contributed by atoms with Crippen LogP contribution in [0.15, 0.2) is 0 Å². The second-order valence-corrected chi connectivity index (χ2v) is 5.78. The number of carbonyl (C=O) groups is 1. The highest BCUT2D eigenvalue weighted by Crippen LogP contribution is 2.27. The van der Waals surface area contributed by atoms with E-state index in [9.17, 15) is 9.90 Å². The Morgan fingerprint density at radius 1 is 1.41 bits per heavy atom. The summed E-state index contributed by atoms with van der Waals surface area (Å²) in [6.45, 7) is 5.86. The lowest BCUT2D eigenvalue weighted by Crippen LogP contribution is -2.42. The summed E-state index contributed by atoms with van der Waals surface area (Å²) in [4.78, 5) is 14.1. The molecule has 17 heavy (non-hydrogen) atoms. The molecule has 2 fully saturated rings. The molecule has 0 aromatic heterocycles. The van der Waals surface area contributed by atoms with Crippen molar-refractivity contribution in [2.45, 2.75) is 57.7 Å². The Bertz CT molecular complexity index is 281. The van der Waals surface area contributed by atoms with Crippen LogP contribution in [0.5, 0.6) is 0 Å². The van der Waals surface area contributed by atoms with Gasteiger partial charge in [0, 0.05) is 19.1 Å². The van der Waals surface area contributed by atoms with Crippen LogP contribution in [0.25, 0.3) is 0 Å². The number of amides is 1. The topological polar surface area (TPSA) is 52.6 Å². The van der Waals surface area contributed by atoms with Gasteiger partial charge in [-0.05, 0) is 31.6 Å². The van der Waals surface area contributed by atoms with Gasteiger partial charge in [0.2, 0.25) is 5.91 Å². The van der Waals surface area contributed by atoms with Crippen molar-refractivity contribution in [3.8, 4) is 0 Å². The molecule has 0 aromatic carbocycles. The lowest BCUT2D eigenvalue weighted by atomic mass is 10.1. The van der Waals surface area contributed by atoms with Gasteiger partial charge in [-0.1, -0.05) is 13.8 Å². The summed E-state index contributed by atoms with van der Waals surface area (Å²) in [6.07, 6.45) is 3.62. The molecule has 2 rings (SSSR count). The molecule has 3 unspecified atom stereocenters. The minimum absolute atomic E-state index is 0.0151. The van der Waals surface area contributed by atoms with Crippen molar-refractivity contribution in [1.82, 2.24) is 10.2 Å². The average Bonchev–Trinajstić information content (AvgIpc) is 2.79. The van der Waals surface area contributed by atoms with E-state index in [-0.39, 0.29) is 18.1 Å². The zero-order chi connectivity index (χ0) is 12.4. The molecule has 0 aromatic rings. The molecular weight excluding hydrogens is 216 g/mol. The molecule has 98 valence electrons. The van der Waals surface area contributed by atoms with Crippen LogP contribution < -0.4 is 5.32 Å². The molecule has 2 N–H and O–H groups in total. The van der Waals surface area contributed by atoms with Crippen molar-refractivity contribution < 1.29 is 9.90 Å². The third-order valence-electron chi connectivity index (χ3n) is 3.82. The van der Waals surface area contributed by atoms with Crippen molar-refractivity contribution >= 4 is 5.91 Å². The Morgan fingerprint density at radius 3 is 2.76 bits per heavy atom. The normalized spacial score (nSPS) is 34.0. The van der Waals surface area contributed by atoms with Gasteiger partial charge in [0.15, 0.2) is 0 Å². The molecule has 4 heteroatoms. The number of aliphatic hydroxyl groups is 1. The van der Waals surface area contributed by atoms with E-state index >= 15 is 0 Å². The van der Waals surface area contributed by atoms with Crippen LogP contribution in [0.1, 0.15) is 39.5 Å². The molecule has 1 saturated heterocycles. The highest BCUT2D eigenvalue weighted by atomic mass is 16.3. The SMILES string of the molecule is CC(C)NC1CCN(CC2CCC(O)C2)C1=O. The highest BCUT2D eigenvalue weighted by molar-refractivity contribution is 5.84. The Kier molecular flexibility index (Phi) is 4.05. The maximum atomic E-state index is 12.1. The van der Waals surface area contributed by atoms with Gasteiger partial charge >= 0.3 is 0 Å². The van der Waals surface area contributed by atoms with Crippen LogP contribution in [0.4, 0.5) is 0 Å². The van der Waals surface area contributed by atoms with Crippen LogP contribution in [-0.4, -0.2) is 47.2 Å². The van der Waals surface area contributed by atoms with Gasteiger partial charge in [0.25, 0.3) is 0 Å². The predicted molar refractivity (Wildman–Crippen MR) is 66.6 cm³/mol. The number of hydrogen-bond acceptors (Lipinski definition) is 3. The van der Waals surface area contributed by atoms with Crippen molar-refractivity contribution in [1.29, 1.82) is 0 Å². The quantitative estimate of drug-likeness (QED) is 0.762. The minimum atomic E-state index is -0.137. The molecule has 1 saturated carbocycles. The van der Waals surface area contributed by atoms with Crippen LogP contribution in [-0.2, 0) is 4.79 Å². The Balaban J connectivity index is 1.81. The van der Waals surface area contributed by atoms with Crippen molar-refractivity contribution in [2.24, 2.45) is 5.92 Å². The van der Waals surface area contributed by atoms with E-state index in [4.69, 9.17) is 0 Å². The number of rotatable bonds is 4. The van der Waals surface area contributed by atoms with E-state index in [0.29, 0.717) is 12.0 Å². The number of nitrogens with one attached hydrogen (secondary N) is 1. The van der Waals surface area contributed by atoms with Crippen molar-refractivity contribution in [2.75, 3.05) is 13.1 Å². The lowest BCUT2D eigenvalue weighted by Gasteiger charge is -2.21. The molecule has 0 bridgehead atoms. The van der Waals surface area contributed by atoms with Gasteiger partial charge in [-0.2, -0.15) is 0 Å². The number of likely N-dealkylation sites (tertiary alicyclic amines) is 1. The Hall–Kier alpha value is -0.610. The summed E-state index contributed by atoms with van der Waals surface area (Å²) in [5.41, 5.74) is 0. The Morgan fingerprint density at radius 2 is 2.18 bits per heavy atom. The second-order valence-electron chi connectivity index (χ2n) is 5.78. The molecule has 3 atom stereocenters. The first-order valence-electron chi connectivity index (χ1n) is 6.79. The summed E-state index contributed by atoms with van der Waals surface area (Å²) < 4.78 is 0. The fraction of sp³-hybridized carbons (Fsp3) is 0.923. The summed E-state index contributed by atoms with van der Waals surface area (Å²) >= 11 is 0. The van der Waals surface area contributed by atoms with Crippen LogP contribution in [0.2, 0.25) is 0 Å². The standard InChI is InChI=1S/C13H24N2O2/c1-9(2)14-12-5-6-15(13(12)17)8-10-3-4-11(16)7-10/h9-12,14,16H,3-8H2,1-2H3. The fourth-order valence-electron chi connectivity index (χ4n) is 3.00. The fourth-order valence-corrected chi connectivity index (χ4v) is 3.00. The third kappa shape index (κ3) is 3.19.